The Hall–Kier alpha value is -3.08. The molecule has 11 heteroatoms. The molecule has 0 N–H and O–H groups in total. The number of pyridine rings is 2. The summed E-state index contributed by atoms with van der Waals surface area (Å²) in [6.07, 6.45) is 3.85. The number of hydrogen-bond acceptors (Lipinski definition) is 7. The lowest BCUT2D eigenvalue weighted by atomic mass is 10.2. The maximum Gasteiger partial charge on any atom is 0.314 e. The number of rotatable bonds is 5. The minimum absolute atomic E-state index is 0.00505. The molecule has 0 spiro atoms. The summed E-state index contributed by atoms with van der Waals surface area (Å²) in [4.78, 5) is 8.38. The maximum absolute atomic E-state index is 12.5. The van der Waals surface area contributed by atoms with Crippen molar-refractivity contribution >= 4 is 15.9 Å². The SMILES string of the molecule is FC(F)c1nnc(-c2ccc(Cn3cc(-c4cncc(Br)c4)nn3)nc2)o1. The first-order valence-corrected chi connectivity index (χ1v) is 8.46. The largest absolute Gasteiger partial charge is 0.415 e. The highest BCUT2D eigenvalue weighted by atomic mass is 79.9. The second-order valence-electron chi connectivity index (χ2n) is 5.48. The third-order valence-corrected chi connectivity index (χ3v) is 4.00. The quantitative estimate of drug-likeness (QED) is 0.474. The second kappa shape index (κ2) is 7.27. The Morgan fingerprint density at radius 1 is 1.07 bits per heavy atom. The molecule has 136 valence electrons. The van der Waals surface area contributed by atoms with Gasteiger partial charge in [0.15, 0.2) is 0 Å². The van der Waals surface area contributed by atoms with Crippen molar-refractivity contribution in [2.45, 2.75) is 13.0 Å². The van der Waals surface area contributed by atoms with E-state index >= 15 is 0 Å². The summed E-state index contributed by atoms with van der Waals surface area (Å²) in [7, 11) is 0. The summed E-state index contributed by atoms with van der Waals surface area (Å²) in [5, 5.41) is 15.1. The molecule has 0 bridgehead atoms. The van der Waals surface area contributed by atoms with Gasteiger partial charge in [0.25, 0.3) is 5.89 Å². The van der Waals surface area contributed by atoms with Crippen LogP contribution in [0.1, 0.15) is 18.0 Å². The van der Waals surface area contributed by atoms with Crippen LogP contribution in [-0.2, 0) is 6.54 Å². The normalized spacial score (nSPS) is 11.3. The van der Waals surface area contributed by atoms with Crippen molar-refractivity contribution in [3.63, 3.8) is 0 Å². The van der Waals surface area contributed by atoms with Gasteiger partial charge in [-0.1, -0.05) is 5.21 Å². The van der Waals surface area contributed by atoms with Crippen LogP contribution in [0.15, 0.2) is 51.9 Å². The molecule has 4 aromatic rings. The molecule has 0 fully saturated rings. The number of hydrogen-bond donors (Lipinski definition) is 0. The van der Waals surface area contributed by atoms with Crippen LogP contribution in [0.3, 0.4) is 0 Å². The van der Waals surface area contributed by atoms with Crippen LogP contribution in [0.2, 0.25) is 0 Å². The van der Waals surface area contributed by atoms with Crippen molar-refractivity contribution in [3.05, 3.63) is 59.0 Å². The monoisotopic (exact) mass is 433 g/mol. The average Bonchev–Trinajstić information content (AvgIpc) is 3.32. The highest BCUT2D eigenvalue weighted by Crippen LogP contribution is 2.23. The molecule has 4 rings (SSSR count). The molecular weight excluding hydrogens is 424 g/mol. The third-order valence-electron chi connectivity index (χ3n) is 3.56. The fourth-order valence-corrected chi connectivity index (χ4v) is 2.67. The average molecular weight is 434 g/mol. The van der Waals surface area contributed by atoms with Crippen LogP contribution in [-0.4, -0.2) is 35.2 Å². The van der Waals surface area contributed by atoms with E-state index in [2.05, 4.69) is 46.4 Å². The van der Waals surface area contributed by atoms with Crippen molar-refractivity contribution in [2.24, 2.45) is 0 Å². The molecule has 0 aromatic carbocycles. The van der Waals surface area contributed by atoms with E-state index in [1.54, 1.807) is 35.4 Å². The summed E-state index contributed by atoms with van der Waals surface area (Å²) in [5.41, 5.74) is 2.68. The number of nitrogens with zero attached hydrogens (tertiary/aromatic N) is 7. The predicted octanol–water partition coefficient (Wildman–Crippen LogP) is 3.53. The molecule has 0 aliphatic carbocycles. The number of halogens is 3. The first kappa shape index (κ1) is 17.3. The Kier molecular flexibility index (Phi) is 4.67. The minimum Gasteiger partial charge on any atom is -0.415 e. The van der Waals surface area contributed by atoms with Gasteiger partial charge < -0.3 is 4.42 Å². The fourth-order valence-electron chi connectivity index (χ4n) is 2.31. The second-order valence-corrected chi connectivity index (χ2v) is 6.39. The van der Waals surface area contributed by atoms with Crippen LogP contribution in [0, 0.1) is 0 Å². The molecule has 0 atom stereocenters. The van der Waals surface area contributed by atoms with Gasteiger partial charge in [-0.15, -0.1) is 15.3 Å². The Labute approximate surface area is 159 Å². The van der Waals surface area contributed by atoms with Crippen LogP contribution >= 0.6 is 15.9 Å². The van der Waals surface area contributed by atoms with Gasteiger partial charge in [-0.3, -0.25) is 9.97 Å². The molecular formula is C16H10BrF2N7O. The van der Waals surface area contributed by atoms with E-state index in [1.807, 2.05) is 6.07 Å². The van der Waals surface area contributed by atoms with E-state index in [-0.39, 0.29) is 5.89 Å². The zero-order valence-corrected chi connectivity index (χ0v) is 15.1. The van der Waals surface area contributed by atoms with Gasteiger partial charge >= 0.3 is 6.43 Å². The first-order valence-electron chi connectivity index (χ1n) is 7.66. The minimum atomic E-state index is -2.81. The van der Waals surface area contributed by atoms with Crippen molar-refractivity contribution in [1.82, 2.24) is 35.2 Å². The smallest absolute Gasteiger partial charge is 0.314 e. The van der Waals surface area contributed by atoms with Crippen molar-refractivity contribution in [3.8, 4) is 22.7 Å². The fraction of sp³-hybridized carbons (Fsp3) is 0.125. The molecule has 8 nitrogen and oxygen atoms in total. The maximum atomic E-state index is 12.5. The van der Waals surface area contributed by atoms with Gasteiger partial charge in [0.2, 0.25) is 5.89 Å². The third kappa shape index (κ3) is 3.87. The molecule has 0 aliphatic rings. The highest BCUT2D eigenvalue weighted by Gasteiger charge is 2.17. The molecule has 4 aromatic heterocycles. The van der Waals surface area contributed by atoms with Crippen LogP contribution in [0.5, 0.6) is 0 Å². The van der Waals surface area contributed by atoms with Crippen LogP contribution < -0.4 is 0 Å². The molecule has 0 saturated heterocycles. The summed E-state index contributed by atoms with van der Waals surface area (Å²) in [6.45, 7) is 0.390. The van der Waals surface area contributed by atoms with E-state index in [1.165, 1.54) is 6.20 Å². The van der Waals surface area contributed by atoms with Crippen LogP contribution in [0.25, 0.3) is 22.7 Å². The summed E-state index contributed by atoms with van der Waals surface area (Å²) in [5.74, 6) is -0.721. The summed E-state index contributed by atoms with van der Waals surface area (Å²) < 4.78 is 32.4. The zero-order chi connectivity index (χ0) is 18.8. The molecule has 0 unspecified atom stereocenters. The van der Waals surface area contributed by atoms with E-state index < -0.39 is 12.3 Å². The van der Waals surface area contributed by atoms with Crippen LogP contribution in [0.4, 0.5) is 8.78 Å². The van der Waals surface area contributed by atoms with Gasteiger partial charge in [0.1, 0.15) is 5.69 Å². The summed E-state index contributed by atoms with van der Waals surface area (Å²) in [6, 6.07) is 5.29. The molecule has 0 aliphatic heterocycles. The van der Waals surface area contributed by atoms with Crippen molar-refractivity contribution in [2.75, 3.05) is 0 Å². The van der Waals surface area contributed by atoms with E-state index in [4.69, 9.17) is 4.42 Å². The molecule has 0 radical (unpaired) electrons. The standard InChI is InChI=1S/C16H10BrF2N7O/c17-11-3-10(4-20-6-11)13-8-26(25-22-13)7-12-2-1-9(5-21-12)15-23-24-16(27-15)14(18)19/h1-6,8,14H,7H2. The Bertz CT molecular complexity index is 1060. The highest BCUT2D eigenvalue weighted by molar-refractivity contribution is 9.10. The Morgan fingerprint density at radius 3 is 2.67 bits per heavy atom. The molecule has 27 heavy (non-hydrogen) atoms. The summed E-state index contributed by atoms with van der Waals surface area (Å²) >= 11 is 3.37. The van der Waals surface area contributed by atoms with E-state index in [0.29, 0.717) is 23.5 Å². The predicted molar refractivity (Wildman–Crippen MR) is 92.5 cm³/mol. The molecule has 0 saturated carbocycles. The molecule has 0 amide bonds. The van der Waals surface area contributed by atoms with Gasteiger partial charge in [-0.2, -0.15) is 8.78 Å². The van der Waals surface area contributed by atoms with Gasteiger partial charge in [-0.25, -0.2) is 4.68 Å². The topological polar surface area (TPSA) is 95.4 Å². The zero-order valence-electron chi connectivity index (χ0n) is 13.5. The lowest BCUT2D eigenvalue weighted by Gasteiger charge is -2.01. The Morgan fingerprint density at radius 2 is 1.96 bits per heavy atom. The van der Waals surface area contributed by atoms with Gasteiger partial charge in [0.05, 0.1) is 24.0 Å². The first-order chi connectivity index (χ1) is 13.1. The van der Waals surface area contributed by atoms with Gasteiger partial charge in [0, 0.05) is 28.6 Å². The lowest BCUT2D eigenvalue weighted by Crippen LogP contribution is -2.02. The van der Waals surface area contributed by atoms with Crippen molar-refractivity contribution < 1.29 is 13.2 Å². The van der Waals surface area contributed by atoms with E-state index in [9.17, 15) is 8.78 Å². The van der Waals surface area contributed by atoms with Crippen molar-refractivity contribution in [1.29, 1.82) is 0 Å². The number of alkyl halides is 2. The lowest BCUT2D eigenvalue weighted by molar-refractivity contribution is 0.116. The van der Waals surface area contributed by atoms with Gasteiger partial charge in [-0.05, 0) is 34.1 Å². The Balaban J connectivity index is 1.49. The van der Waals surface area contributed by atoms with E-state index in [0.717, 1.165) is 10.0 Å². The number of aromatic nitrogens is 7. The molecule has 4 heterocycles.